The molecule has 0 N–H and O–H groups in total. The molecular formula is C23H25FO4. The van der Waals surface area contributed by atoms with E-state index in [9.17, 15) is 14.0 Å². The summed E-state index contributed by atoms with van der Waals surface area (Å²) in [5, 5.41) is 0. The Bertz CT molecular complexity index is 862. The zero-order valence-electron chi connectivity index (χ0n) is 16.5. The molecule has 0 bridgehead atoms. The van der Waals surface area contributed by atoms with Crippen LogP contribution in [0.2, 0.25) is 0 Å². The summed E-state index contributed by atoms with van der Waals surface area (Å²) in [5.41, 5.74) is 2.80. The van der Waals surface area contributed by atoms with Gasteiger partial charge in [0.05, 0.1) is 12.5 Å². The molecule has 1 aromatic carbocycles. The first kappa shape index (κ1) is 20.1. The second kappa shape index (κ2) is 7.79. The molecule has 5 heteroatoms. The SMILES string of the molecule is C#CCc1cccc2c1CCC2OC(=O)[C@@H]1[C@H](C=C(F)C(=O)OCC)C1(C)C. The summed E-state index contributed by atoms with van der Waals surface area (Å²) in [4.78, 5) is 24.3. The highest BCUT2D eigenvalue weighted by Crippen LogP contribution is 2.60. The molecular weight excluding hydrogens is 359 g/mol. The minimum absolute atomic E-state index is 0.0996. The van der Waals surface area contributed by atoms with Gasteiger partial charge in [-0.3, -0.25) is 4.79 Å². The van der Waals surface area contributed by atoms with Gasteiger partial charge in [0, 0.05) is 6.42 Å². The van der Waals surface area contributed by atoms with Crippen LogP contribution in [0.3, 0.4) is 0 Å². The lowest BCUT2D eigenvalue weighted by atomic mass is 10.0. The number of rotatable bonds is 6. The molecule has 4 nitrogen and oxygen atoms in total. The number of allylic oxidation sites excluding steroid dienone is 1. The summed E-state index contributed by atoms with van der Waals surface area (Å²) in [6.45, 7) is 5.45. The van der Waals surface area contributed by atoms with Crippen LogP contribution in [0.4, 0.5) is 4.39 Å². The summed E-state index contributed by atoms with van der Waals surface area (Å²) >= 11 is 0. The standard InChI is InChI=1S/C23H25FO4/c1-5-8-14-9-7-10-16-15(14)11-12-19(16)28-22(26)20-17(23(20,3)4)13-18(24)21(25)27-6-2/h1,7,9-10,13,17,19-20H,6,8,11-12H2,2-4H3/t17-,19?,20-/m0/s1. The van der Waals surface area contributed by atoms with Gasteiger partial charge in [0.2, 0.25) is 5.83 Å². The van der Waals surface area contributed by atoms with Crippen LogP contribution >= 0.6 is 0 Å². The molecule has 1 aromatic rings. The van der Waals surface area contributed by atoms with Gasteiger partial charge < -0.3 is 9.47 Å². The molecule has 0 radical (unpaired) electrons. The number of hydrogen-bond donors (Lipinski definition) is 0. The molecule has 1 unspecified atom stereocenters. The minimum atomic E-state index is -0.997. The van der Waals surface area contributed by atoms with Gasteiger partial charge in [-0.25, -0.2) is 4.79 Å². The third kappa shape index (κ3) is 3.69. The number of esters is 2. The summed E-state index contributed by atoms with van der Waals surface area (Å²) < 4.78 is 24.4. The number of fused-ring (bicyclic) bond motifs is 1. The van der Waals surface area contributed by atoms with E-state index in [0.717, 1.165) is 23.1 Å². The molecule has 1 fully saturated rings. The van der Waals surface area contributed by atoms with Crippen LogP contribution in [0.1, 0.15) is 50.0 Å². The lowest BCUT2D eigenvalue weighted by Crippen LogP contribution is -2.14. The van der Waals surface area contributed by atoms with E-state index in [1.54, 1.807) is 6.92 Å². The Balaban J connectivity index is 1.70. The van der Waals surface area contributed by atoms with E-state index >= 15 is 0 Å². The predicted octanol–water partition coefficient (Wildman–Crippen LogP) is 4.08. The zero-order chi connectivity index (χ0) is 20.5. The van der Waals surface area contributed by atoms with E-state index in [2.05, 4.69) is 10.7 Å². The third-order valence-corrected chi connectivity index (χ3v) is 5.82. The van der Waals surface area contributed by atoms with Crippen molar-refractivity contribution in [3.8, 4) is 12.3 Å². The Morgan fingerprint density at radius 1 is 1.39 bits per heavy atom. The van der Waals surface area contributed by atoms with Crippen LogP contribution in [-0.4, -0.2) is 18.5 Å². The number of carbonyl (C=O) groups is 2. The van der Waals surface area contributed by atoms with E-state index in [1.807, 2.05) is 32.0 Å². The van der Waals surface area contributed by atoms with Crippen molar-refractivity contribution in [1.82, 2.24) is 0 Å². The lowest BCUT2D eigenvalue weighted by Gasteiger charge is -2.14. The highest BCUT2D eigenvalue weighted by molar-refractivity contribution is 5.87. The number of halogens is 1. The molecule has 28 heavy (non-hydrogen) atoms. The first-order chi connectivity index (χ1) is 13.3. The molecule has 2 aliphatic carbocycles. The van der Waals surface area contributed by atoms with E-state index in [4.69, 9.17) is 11.2 Å². The maximum Gasteiger partial charge on any atom is 0.366 e. The van der Waals surface area contributed by atoms with Crippen LogP contribution in [-0.2, 0) is 31.9 Å². The predicted molar refractivity (Wildman–Crippen MR) is 103 cm³/mol. The average molecular weight is 384 g/mol. The molecule has 3 rings (SSSR count). The molecule has 0 spiro atoms. The largest absolute Gasteiger partial charge is 0.461 e. The van der Waals surface area contributed by atoms with Crippen molar-refractivity contribution in [3.05, 3.63) is 46.8 Å². The summed E-state index contributed by atoms with van der Waals surface area (Å²) in [5.74, 6) is -0.522. The Kier molecular flexibility index (Phi) is 5.60. The van der Waals surface area contributed by atoms with Gasteiger partial charge in [-0.15, -0.1) is 12.3 Å². The molecule has 0 saturated heterocycles. The van der Waals surface area contributed by atoms with E-state index in [1.165, 1.54) is 6.08 Å². The van der Waals surface area contributed by atoms with Crippen molar-refractivity contribution in [2.75, 3.05) is 6.61 Å². The molecule has 0 aliphatic heterocycles. The molecule has 2 aliphatic rings. The van der Waals surface area contributed by atoms with Gasteiger partial charge in [0.25, 0.3) is 0 Å². The Labute approximate surface area is 165 Å². The van der Waals surface area contributed by atoms with Crippen LogP contribution in [0.5, 0.6) is 0 Å². The fraction of sp³-hybridized carbons (Fsp3) is 0.478. The second-order valence-corrected chi connectivity index (χ2v) is 7.89. The van der Waals surface area contributed by atoms with Gasteiger partial charge in [-0.2, -0.15) is 4.39 Å². The Morgan fingerprint density at radius 3 is 2.82 bits per heavy atom. The van der Waals surface area contributed by atoms with Gasteiger partial charge >= 0.3 is 11.9 Å². The lowest BCUT2D eigenvalue weighted by molar-refractivity contribution is -0.152. The number of carbonyl (C=O) groups excluding carboxylic acids is 2. The van der Waals surface area contributed by atoms with Crippen LogP contribution in [0.25, 0.3) is 0 Å². The minimum Gasteiger partial charge on any atom is -0.461 e. The van der Waals surface area contributed by atoms with Gasteiger partial charge in [-0.1, -0.05) is 32.0 Å². The van der Waals surface area contributed by atoms with Gasteiger partial charge in [0.15, 0.2) is 0 Å². The Hall–Kier alpha value is -2.61. The summed E-state index contributed by atoms with van der Waals surface area (Å²) in [6.07, 6.45) is 8.41. The highest BCUT2D eigenvalue weighted by Gasteiger charge is 2.62. The van der Waals surface area contributed by atoms with Crippen molar-refractivity contribution < 1.29 is 23.5 Å². The maximum absolute atomic E-state index is 14.0. The summed E-state index contributed by atoms with van der Waals surface area (Å²) in [7, 11) is 0. The number of benzene rings is 1. The van der Waals surface area contributed by atoms with E-state index in [0.29, 0.717) is 12.8 Å². The topological polar surface area (TPSA) is 52.6 Å². The number of terminal acetylenes is 1. The second-order valence-electron chi connectivity index (χ2n) is 7.89. The third-order valence-electron chi connectivity index (χ3n) is 5.82. The molecule has 0 aromatic heterocycles. The number of ether oxygens (including phenoxy) is 2. The van der Waals surface area contributed by atoms with Crippen molar-refractivity contribution in [2.24, 2.45) is 17.3 Å². The fourth-order valence-corrected chi connectivity index (χ4v) is 4.17. The zero-order valence-corrected chi connectivity index (χ0v) is 16.5. The van der Waals surface area contributed by atoms with Crippen molar-refractivity contribution in [1.29, 1.82) is 0 Å². The van der Waals surface area contributed by atoms with Crippen LogP contribution in [0.15, 0.2) is 30.1 Å². The molecule has 1 saturated carbocycles. The Morgan fingerprint density at radius 2 is 2.14 bits per heavy atom. The highest BCUT2D eigenvalue weighted by atomic mass is 19.1. The van der Waals surface area contributed by atoms with Crippen molar-refractivity contribution >= 4 is 11.9 Å². The van der Waals surface area contributed by atoms with Crippen molar-refractivity contribution in [2.45, 2.75) is 46.1 Å². The van der Waals surface area contributed by atoms with Crippen LogP contribution in [0, 0.1) is 29.6 Å². The van der Waals surface area contributed by atoms with Gasteiger partial charge in [0.1, 0.15) is 6.10 Å². The fourth-order valence-electron chi connectivity index (χ4n) is 4.17. The number of hydrogen-bond acceptors (Lipinski definition) is 4. The van der Waals surface area contributed by atoms with Gasteiger partial charge in [-0.05, 0) is 53.9 Å². The van der Waals surface area contributed by atoms with Crippen LogP contribution < -0.4 is 0 Å². The molecule has 0 heterocycles. The molecule has 3 atom stereocenters. The quantitative estimate of drug-likeness (QED) is 0.421. The molecule has 0 amide bonds. The first-order valence-electron chi connectivity index (χ1n) is 9.60. The van der Waals surface area contributed by atoms with E-state index < -0.39 is 29.0 Å². The molecule has 148 valence electrons. The van der Waals surface area contributed by atoms with E-state index in [-0.39, 0.29) is 18.7 Å². The average Bonchev–Trinajstić information content (AvgIpc) is 2.98. The summed E-state index contributed by atoms with van der Waals surface area (Å²) in [6, 6.07) is 5.90. The normalized spacial score (nSPS) is 24.8. The first-order valence-corrected chi connectivity index (χ1v) is 9.60. The smallest absolute Gasteiger partial charge is 0.366 e. The maximum atomic E-state index is 14.0. The van der Waals surface area contributed by atoms with Crippen molar-refractivity contribution in [3.63, 3.8) is 0 Å². The monoisotopic (exact) mass is 384 g/mol.